The number of aliphatic imine (C=N–C) groups is 1. The van der Waals surface area contributed by atoms with Crippen LogP contribution in [-0.2, 0) is 11.3 Å². The Balaban J connectivity index is 2.44. The Hall–Kier alpha value is -1.75. The van der Waals surface area contributed by atoms with E-state index in [4.69, 9.17) is 9.47 Å². The van der Waals surface area contributed by atoms with Crippen molar-refractivity contribution < 1.29 is 9.47 Å². The summed E-state index contributed by atoms with van der Waals surface area (Å²) in [6, 6.07) is 7.96. The zero-order valence-electron chi connectivity index (χ0n) is 14.0. The van der Waals surface area contributed by atoms with Gasteiger partial charge in [-0.15, -0.1) is 0 Å². The van der Waals surface area contributed by atoms with Crippen LogP contribution in [0.1, 0.15) is 32.3 Å². The van der Waals surface area contributed by atoms with Crippen LogP contribution in [0.5, 0.6) is 5.75 Å². The van der Waals surface area contributed by atoms with Gasteiger partial charge < -0.3 is 20.1 Å². The zero-order chi connectivity index (χ0) is 16.0. The van der Waals surface area contributed by atoms with Gasteiger partial charge in [0.15, 0.2) is 5.96 Å². The summed E-state index contributed by atoms with van der Waals surface area (Å²) in [6.45, 7) is 8.03. The fourth-order valence-electron chi connectivity index (χ4n) is 2.02. The maximum Gasteiger partial charge on any atom is 0.191 e. The summed E-state index contributed by atoms with van der Waals surface area (Å²) in [7, 11) is 1.68. The fourth-order valence-corrected chi connectivity index (χ4v) is 2.02. The average Bonchev–Trinajstić information content (AvgIpc) is 2.56. The number of hydrogen-bond acceptors (Lipinski definition) is 3. The minimum atomic E-state index is 0.596. The first kappa shape index (κ1) is 18.3. The lowest BCUT2D eigenvalue weighted by Gasteiger charge is -2.12. The van der Waals surface area contributed by atoms with E-state index >= 15 is 0 Å². The van der Waals surface area contributed by atoms with E-state index in [9.17, 15) is 0 Å². The monoisotopic (exact) mass is 307 g/mol. The number of ether oxygens (including phenoxy) is 2. The molecule has 5 heteroatoms. The molecule has 0 aliphatic rings. The Labute approximate surface area is 134 Å². The van der Waals surface area contributed by atoms with Crippen molar-refractivity contribution in [2.75, 3.05) is 33.4 Å². The largest absolute Gasteiger partial charge is 0.496 e. The van der Waals surface area contributed by atoms with E-state index in [1.54, 1.807) is 7.11 Å². The summed E-state index contributed by atoms with van der Waals surface area (Å²) < 4.78 is 10.7. The van der Waals surface area contributed by atoms with Crippen LogP contribution in [0, 0.1) is 0 Å². The molecule has 0 fully saturated rings. The molecule has 1 rings (SSSR count). The summed E-state index contributed by atoms with van der Waals surface area (Å²) in [5, 5.41) is 6.61. The molecular formula is C17H29N3O2. The van der Waals surface area contributed by atoms with Gasteiger partial charge in [-0.2, -0.15) is 0 Å². The summed E-state index contributed by atoms with van der Waals surface area (Å²) in [6.07, 6.45) is 2.13. The van der Waals surface area contributed by atoms with Crippen molar-refractivity contribution in [2.45, 2.75) is 33.2 Å². The van der Waals surface area contributed by atoms with E-state index in [-0.39, 0.29) is 0 Å². The van der Waals surface area contributed by atoms with Crippen LogP contribution < -0.4 is 15.4 Å². The molecule has 1 aromatic rings. The van der Waals surface area contributed by atoms with Crippen molar-refractivity contribution in [3.05, 3.63) is 29.8 Å². The number of nitrogens with one attached hydrogen (secondary N) is 2. The van der Waals surface area contributed by atoms with Crippen LogP contribution >= 0.6 is 0 Å². The number of hydrogen-bond donors (Lipinski definition) is 2. The molecule has 0 amide bonds. The van der Waals surface area contributed by atoms with Crippen LogP contribution in [0.4, 0.5) is 0 Å². The number of para-hydroxylation sites is 1. The summed E-state index contributed by atoms with van der Waals surface area (Å²) >= 11 is 0. The van der Waals surface area contributed by atoms with Crippen molar-refractivity contribution in [3.63, 3.8) is 0 Å². The van der Waals surface area contributed by atoms with Gasteiger partial charge in [-0.3, -0.25) is 0 Å². The fraction of sp³-hybridized carbons (Fsp3) is 0.588. The molecule has 0 saturated heterocycles. The highest BCUT2D eigenvalue weighted by Crippen LogP contribution is 2.17. The van der Waals surface area contributed by atoms with Gasteiger partial charge in [-0.1, -0.05) is 18.2 Å². The number of benzene rings is 1. The molecule has 0 radical (unpaired) electrons. The predicted molar refractivity (Wildman–Crippen MR) is 91.5 cm³/mol. The third-order valence-electron chi connectivity index (χ3n) is 3.16. The van der Waals surface area contributed by atoms with Gasteiger partial charge in [0.25, 0.3) is 0 Å². The van der Waals surface area contributed by atoms with E-state index in [0.29, 0.717) is 6.54 Å². The molecule has 0 saturated carbocycles. The average molecular weight is 307 g/mol. The van der Waals surface area contributed by atoms with Crippen LogP contribution in [0.25, 0.3) is 0 Å². The van der Waals surface area contributed by atoms with Crippen LogP contribution in [0.2, 0.25) is 0 Å². The Morgan fingerprint density at radius 1 is 1.14 bits per heavy atom. The third kappa shape index (κ3) is 7.31. The highest BCUT2D eigenvalue weighted by Gasteiger charge is 2.02. The van der Waals surface area contributed by atoms with Gasteiger partial charge in [-0.25, -0.2) is 4.99 Å². The molecule has 0 spiro atoms. The molecule has 0 aromatic heterocycles. The van der Waals surface area contributed by atoms with Crippen LogP contribution in [0.3, 0.4) is 0 Å². The minimum absolute atomic E-state index is 0.596. The van der Waals surface area contributed by atoms with E-state index in [2.05, 4.69) is 22.5 Å². The quantitative estimate of drug-likeness (QED) is 0.396. The molecule has 0 unspecified atom stereocenters. The second-order valence-corrected chi connectivity index (χ2v) is 4.84. The molecule has 1 aromatic carbocycles. The van der Waals surface area contributed by atoms with Crippen molar-refractivity contribution in [3.8, 4) is 5.75 Å². The number of nitrogens with zero attached hydrogens (tertiary/aromatic N) is 1. The van der Waals surface area contributed by atoms with Crippen molar-refractivity contribution in [1.82, 2.24) is 10.6 Å². The van der Waals surface area contributed by atoms with Gasteiger partial charge in [0, 0.05) is 31.9 Å². The van der Waals surface area contributed by atoms with Crippen molar-refractivity contribution in [2.24, 2.45) is 4.99 Å². The second-order valence-electron chi connectivity index (χ2n) is 4.84. The van der Waals surface area contributed by atoms with Gasteiger partial charge >= 0.3 is 0 Å². The molecule has 0 bridgehead atoms. The SMILES string of the molecule is CCNC(=NCc1ccccc1OC)NCCCCOCC. The number of unbranched alkanes of at least 4 members (excludes halogenated alkanes) is 1. The van der Waals surface area contributed by atoms with Crippen molar-refractivity contribution >= 4 is 5.96 Å². The van der Waals surface area contributed by atoms with Gasteiger partial charge in [0.05, 0.1) is 13.7 Å². The third-order valence-corrected chi connectivity index (χ3v) is 3.16. The second kappa shape index (κ2) is 11.9. The first-order valence-corrected chi connectivity index (χ1v) is 8.03. The summed E-state index contributed by atoms with van der Waals surface area (Å²) in [4.78, 5) is 4.61. The standard InChI is InChI=1S/C17H29N3O2/c1-4-18-17(19-12-8-9-13-22-5-2)20-14-15-10-6-7-11-16(15)21-3/h6-7,10-11H,4-5,8-9,12-14H2,1-3H3,(H2,18,19,20). The summed E-state index contributed by atoms with van der Waals surface area (Å²) in [5.74, 6) is 1.71. The predicted octanol–water partition coefficient (Wildman–Crippen LogP) is 2.57. The zero-order valence-corrected chi connectivity index (χ0v) is 14.0. The van der Waals surface area contributed by atoms with E-state index < -0.39 is 0 Å². The Morgan fingerprint density at radius 3 is 2.68 bits per heavy atom. The smallest absolute Gasteiger partial charge is 0.191 e. The highest BCUT2D eigenvalue weighted by molar-refractivity contribution is 5.79. The van der Waals surface area contributed by atoms with Crippen LogP contribution in [0.15, 0.2) is 29.3 Å². The summed E-state index contributed by atoms with van der Waals surface area (Å²) in [5.41, 5.74) is 1.08. The molecule has 5 nitrogen and oxygen atoms in total. The Kier molecular flexibility index (Phi) is 9.87. The highest BCUT2D eigenvalue weighted by atomic mass is 16.5. The Bertz CT molecular complexity index is 436. The number of methoxy groups -OCH3 is 1. The lowest BCUT2D eigenvalue weighted by atomic mass is 10.2. The molecule has 22 heavy (non-hydrogen) atoms. The van der Waals surface area contributed by atoms with Gasteiger partial charge in [0.2, 0.25) is 0 Å². The molecule has 2 N–H and O–H groups in total. The molecule has 0 aliphatic carbocycles. The minimum Gasteiger partial charge on any atom is -0.496 e. The van der Waals surface area contributed by atoms with Gasteiger partial charge in [0.1, 0.15) is 5.75 Å². The van der Waals surface area contributed by atoms with Gasteiger partial charge in [-0.05, 0) is 32.8 Å². The molecule has 0 atom stereocenters. The number of rotatable bonds is 10. The first-order chi connectivity index (χ1) is 10.8. The number of guanidine groups is 1. The normalized spacial score (nSPS) is 11.3. The first-order valence-electron chi connectivity index (χ1n) is 8.03. The van der Waals surface area contributed by atoms with E-state index in [0.717, 1.165) is 56.4 Å². The maximum atomic E-state index is 5.35. The topological polar surface area (TPSA) is 54.9 Å². The lowest BCUT2D eigenvalue weighted by molar-refractivity contribution is 0.143. The Morgan fingerprint density at radius 2 is 1.95 bits per heavy atom. The molecule has 0 heterocycles. The van der Waals surface area contributed by atoms with Crippen LogP contribution in [-0.4, -0.2) is 39.4 Å². The van der Waals surface area contributed by atoms with E-state index in [1.807, 2.05) is 31.2 Å². The van der Waals surface area contributed by atoms with E-state index in [1.165, 1.54) is 0 Å². The van der Waals surface area contributed by atoms with Crippen molar-refractivity contribution in [1.29, 1.82) is 0 Å². The maximum absolute atomic E-state index is 5.35. The molecule has 0 aliphatic heterocycles. The molecule has 124 valence electrons. The lowest BCUT2D eigenvalue weighted by Crippen LogP contribution is -2.37. The molecular weight excluding hydrogens is 278 g/mol.